The van der Waals surface area contributed by atoms with Gasteiger partial charge in [-0.05, 0) is 48.4 Å². The molecule has 3 aromatic rings. The number of carbonyl (C=O) groups excluding carboxylic acids is 1. The molecule has 0 unspecified atom stereocenters. The highest BCUT2D eigenvalue weighted by atomic mass is 19.1. The van der Waals surface area contributed by atoms with Crippen molar-refractivity contribution in [1.29, 1.82) is 0 Å². The number of aryl methyl sites for hydroxylation is 1. The summed E-state index contributed by atoms with van der Waals surface area (Å²) in [4.78, 5) is 14.3. The first kappa shape index (κ1) is 17.7. The third kappa shape index (κ3) is 4.72. The SMILES string of the molecule is Cc1ccccc1OCC(=O)N(Cc1ccc(F)cc1)Cc1ccco1. The van der Waals surface area contributed by atoms with Crippen molar-refractivity contribution in [2.24, 2.45) is 0 Å². The Morgan fingerprint density at radius 2 is 1.81 bits per heavy atom. The quantitative estimate of drug-likeness (QED) is 0.635. The van der Waals surface area contributed by atoms with Crippen LogP contribution < -0.4 is 4.74 Å². The molecule has 0 spiro atoms. The van der Waals surface area contributed by atoms with Crippen LogP contribution in [0.4, 0.5) is 4.39 Å². The Hall–Kier alpha value is -3.08. The highest BCUT2D eigenvalue weighted by Gasteiger charge is 2.17. The predicted octanol–water partition coefficient (Wildman–Crippen LogP) is 4.33. The van der Waals surface area contributed by atoms with Gasteiger partial charge in [-0.1, -0.05) is 30.3 Å². The third-order valence-electron chi connectivity index (χ3n) is 4.01. The first-order valence-corrected chi connectivity index (χ1v) is 8.35. The third-order valence-corrected chi connectivity index (χ3v) is 4.01. The summed E-state index contributed by atoms with van der Waals surface area (Å²) in [5, 5.41) is 0. The van der Waals surface area contributed by atoms with Crippen LogP contribution in [-0.2, 0) is 17.9 Å². The number of ether oxygens (including phenoxy) is 1. The van der Waals surface area contributed by atoms with Crippen LogP contribution in [0.5, 0.6) is 5.75 Å². The topological polar surface area (TPSA) is 42.7 Å². The van der Waals surface area contributed by atoms with E-state index in [0.717, 1.165) is 11.1 Å². The van der Waals surface area contributed by atoms with Crippen LogP contribution in [0, 0.1) is 12.7 Å². The van der Waals surface area contributed by atoms with Crippen LogP contribution >= 0.6 is 0 Å². The fraction of sp³-hybridized carbons (Fsp3) is 0.190. The Kier molecular flexibility index (Phi) is 5.69. The van der Waals surface area contributed by atoms with Crippen molar-refractivity contribution >= 4 is 5.91 Å². The second kappa shape index (κ2) is 8.34. The number of amides is 1. The molecule has 134 valence electrons. The molecule has 1 aromatic heterocycles. The largest absolute Gasteiger partial charge is 0.484 e. The number of nitrogens with zero attached hydrogens (tertiary/aromatic N) is 1. The van der Waals surface area contributed by atoms with Crippen LogP contribution in [0.1, 0.15) is 16.9 Å². The molecule has 0 saturated heterocycles. The maximum absolute atomic E-state index is 13.1. The van der Waals surface area contributed by atoms with E-state index in [1.807, 2.05) is 37.3 Å². The zero-order valence-corrected chi connectivity index (χ0v) is 14.5. The Morgan fingerprint density at radius 3 is 2.50 bits per heavy atom. The van der Waals surface area contributed by atoms with Crippen LogP contribution in [0.15, 0.2) is 71.3 Å². The number of hydrogen-bond donors (Lipinski definition) is 0. The average molecular weight is 353 g/mol. The van der Waals surface area contributed by atoms with Crippen molar-refractivity contribution < 1.29 is 18.3 Å². The highest BCUT2D eigenvalue weighted by molar-refractivity contribution is 5.77. The van der Waals surface area contributed by atoms with E-state index in [1.165, 1.54) is 12.1 Å². The van der Waals surface area contributed by atoms with Crippen LogP contribution in [0.2, 0.25) is 0 Å². The number of carbonyl (C=O) groups is 1. The smallest absolute Gasteiger partial charge is 0.261 e. The number of halogens is 1. The van der Waals surface area contributed by atoms with Gasteiger partial charge in [-0.25, -0.2) is 4.39 Å². The van der Waals surface area contributed by atoms with Gasteiger partial charge in [0, 0.05) is 6.54 Å². The van der Waals surface area contributed by atoms with E-state index in [-0.39, 0.29) is 18.3 Å². The summed E-state index contributed by atoms with van der Waals surface area (Å²) in [5.41, 5.74) is 1.80. The molecule has 0 aliphatic carbocycles. The molecule has 2 aromatic carbocycles. The molecule has 0 aliphatic heterocycles. The van der Waals surface area contributed by atoms with Gasteiger partial charge >= 0.3 is 0 Å². The number of rotatable bonds is 7. The second-order valence-corrected chi connectivity index (χ2v) is 6.01. The molecular formula is C21H20FNO3. The minimum atomic E-state index is -0.305. The van der Waals surface area contributed by atoms with E-state index in [4.69, 9.17) is 9.15 Å². The monoisotopic (exact) mass is 353 g/mol. The summed E-state index contributed by atoms with van der Waals surface area (Å²) in [7, 11) is 0. The van der Waals surface area contributed by atoms with Crippen molar-refractivity contribution in [3.05, 3.63) is 89.6 Å². The van der Waals surface area contributed by atoms with E-state index in [0.29, 0.717) is 24.6 Å². The van der Waals surface area contributed by atoms with Gasteiger partial charge in [-0.3, -0.25) is 4.79 Å². The Bertz CT molecular complexity index is 844. The molecule has 4 nitrogen and oxygen atoms in total. The summed E-state index contributed by atoms with van der Waals surface area (Å²) in [6.45, 7) is 2.52. The van der Waals surface area contributed by atoms with Crippen molar-refractivity contribution in [3.8, 4) is 5.75 Å². The number of hydrogen-bond acceptors (Lipinski definition) is 3. The summed E-state index contributed by atoms with van der Waals surface area (Å²) in [6, 6.07) is 17.2. The van der Waals surface area contributed by atoms with E-state index >= 15 is 0 Å². The lowest BCUT2D eigenvalue weighted by Crippen LogP contribution is -2.34. The summed E-state index contributed by atoms with van der Waals surface area (Å²) in [5.74, 6) is 0.881. The van der Waals surface area contributed by atoms with Crippen LogP contribution in [-0.4, -0.2) is 17.4 Å². The molecule has 5 heteroatoms. The lowest BCUT2D eigenvalue weighted by atomic mass is 10.2. The Balaban J connectivity index is 1.70. The molecule has 0 radical (unpaired) electrons. The van der Waals surface area contributed by atoms with Crippen molar-refractivity contribution in [3.63, 3.8) is 0 Å². The zero-order chi connectivity index (χ0) is 18.4. The number of para-hydroxylation sites is 1. The summed E-state index contributed by atoms with van der Waals surface area (Å²) >= 11 is 0. The molecular weight excluding hydrogens is 333 g/mol. The van der Waals surface area contributed by atoms with Crippen LogP contribution in [0.3, 0.4) is 0 Å². The molecule has 1 amide bonds. The van der Waals surface area contributed by atoms with Gasteiger partial charge in [-0.2, -0.15) is 0 Å². The van der Waals surface area contributed by atoms with Crippen molar-refractivity contribution in [2.45, 2.75) is 20.0 Å². The van der Waals surface area contributed by atoms with Gasteiger partial charge in [0.15, 0.2) is 6.61 Å². The van der Waals surface area contributed by atoms with Gasteiger partial charge < -0.3 is 14.1 Å². The number of furan rings is 1. The fourth-order valence-electron chi connectivity index (χ4n) is 2.58. The Morgan fingerprint density at radius 1 is 1.04 bits per heavy atom. The van der Waals surface area contributed by atoms with E-state index in [9.17, 15) is 9.18 Å². The second-order valence-electron chi connectivity index (χ2n) is 6.01. The summed E-state index contributed by atoms with van der Waals surface area (Å²) < 4.78 is 24.2. The normalized spacial score (nSPS) is 10.5. The maximum Gasteiger partial charge on any atom is 0.261 e. The van der Waals surface area contributed by atoms with Crippen molar-refractivity contribution in [2.75, 3.05) is 6.61 Å². The van der Waals surface area contributed by atoms with Gasteiger partial charge in [0.05, 0.1) is 12.8 Å². The average Bonchev–Trinajstić information content (AvgIpc) is 3.15. The molecule has 0 N–H and O–H groups in total. The van der Waals surface area contributed by atoms with Crippen molar-refractivity contribution in [1.82, 2.24) is 4.90 Å². The number of benzene rings is 2. The summed E-state index contributed by atoms with van der Waals surface area (Å²) in [6.07, 6.45) is 1.57. The first-order valence-electron chi connectivity index (χ1n) is 8.35. The standard InChI is InChI=1S/C21H20FNO3/c1-16-5-2-3-7-20(16)26-15-21(24)23(14-19-6-4-12-25-19)13-17-8-10-18(22)11-9-17/h2-12H,13-15H2,1H3. The van der Waals surface area contributed by atoms with E-state index in [1.54, 1.807) is 29.4 Å². The molecule has 3 rings (SSSR count). The van der Waals surface area contributed by atoms with Gasteiger partial charge in [0.25, 0.3) is 5.91 Å². The first-order chi connectivity index (χ1) is 12.6. The highest BCUT2D eigenvalue weighted by Crippen LogP contribution is 2.17. The van der Waals surface area contributed by atoms with E-state index < -0.39 is 0 Å². The molecule has 0 bridgehead atoms. The molecule has 0 atom stereocenters. The van der Waals surface area contributed by atoms with Gasteiger partial charge in [0.1, 0.15) is 17.3 Å². The van der Waals surface area contributed by atoms with Crippen LogP contribution in [0.25, 0.3) is 0 Å². The van der Waals surface area contributed by atoms with E-state index in [2.05, 4.69) is 0 Å². The maximum atomic E-state index is 13.1. The van der Waals surface area contributed by atoms with Gasteiger partial charge in [0.2, 0.25) is 0 Å². The molecule has 0 fully saturated rings. The minimum absolute atomic E-state index is 0.0766. The molecule has 26 heavy (non-hydrogen) atoms. The van der Waals surface area contributed by atoms with Gasteiger partial charge in [-0.15, -0.1) is 0 Å². The molecule has 1 heterocycles. The minimum Gasteiger partial charge on any atom is -0.484 e. The lowest BCUT2D eigenvalue weighted by Gasteiger charge is -2.22. The fourth-order valence-corrected chi connectivity index (χ4v) is 2.58. The predicted molar refractivity (Wildman–Crippen MR) is 96.0 cm³/mol. The zero-order valence-electron chi connectivity index (χ0n) is 14.5. The lowest BCUT2D eigenvalue weighted by molar-refractivity contribution is -0.134. The molecule has 0 saturated carbocycles. The molecule has 0 aliphatic rings. The Labute approximate surface area is 151 Å².